The highest BCUT2D eigenvalue weighted by atomic mass is 35.5. The third-order valence-electron chi connectivity index (χ3n) is 2.30. The minimum absolute atomic E-state index is 0.601. The lowest BCUT2D eigenvalue weighted by Gasteiger charge is -1.90. The van der Waals surface area contributed by atoms with E-state index >= 15 is 0 Å². The second-order valence-corrected chi connectivity index (χ2v) is 3.86. The van der Waals surface area contributed by atoms with E-state index in [9.17, 15) is 0 Å². The lowest BCUT2D eigenvalue weighted by molar-refractivity contribution is 0.988. The van der Waals surface area contributed by atoms with Crippen LogP contribution in [0.3, 0.4) is 0 Å². The van der Waals surface area contributed by atoms with Crippen LogP contribution in [0.25, 0.3) is 12.2 Å². The van der Waals surface area contributed by atoms with E-state index < -0.39 is 0 Å². The van der Waals surface area contributed by atoms with Crippen molar-refractivity contribution < 1.29 is 0 Å². The zero-order valence-electron chi connectivity index (χ0n) is 9.07. The van der Waals surface area contributed by atoms with Crippen LogP contribution in [0.15, 0.2) is 30.3 Å². The molecule has 0 fully saturated rings. The number of H-pyrrole nitrogens is 1. The minimum atomic E-state index is 0.601. The van der Waals surface area contributed by atoms with Crippen LogP contribution in [0, 0.1) is 0 Å². The molecule has 0 aliphatic heterocycles. The molecular formula is C13H13ClN2. The lowest BCUT2D eigenvalue weighted by atomic mass is 10.2. The van der Waals surface area contributed by atoms with Gasteiger partial charge in [0.15, 0.2) is 0 Å². The first-order valence-electron chi connectivity index (χ1n) is 5.27. The van der Waals surface area contributed by atoms with E-state index in [1.165, 1.54) is 0 Å². The van der Waals surface area contributed by atoms with Crippen LogP contribution in [0.4, 0.5) is 0 Å². The molecule has 3 heteroatoms. The number of halogens is 1. The van der Waals surface area contributed by atoms with Crippen LogP contribution in [0.5, 0.6) is 0 Å². The van der Waals surface area contributed by atoms with Crippen LogP contribution in [0.2, 0.25) is 5.15 Å². The predicted octanol–water partition coefficient (Wildman–Crippen LogP) is 3.80. The zero-order valence-corrected chi connectivity index (χ0v) is 9.83. The number of nitrogens with one attached hydrogen (secondary N) is 1. The van der Waals surface area contributed by atoms with Crippen LogP contribution in [-0.2, 0) is 6.42 Å². The first kappa shape index (κ1) is 11.0. The Morgan fingerprint density at radius 1 is 1.25 bits per heavy atom. The van der Waals surface area contributed by atoms with Crippen LogP contribution in [0.1, 0.15) is 24.0 Å². The summed E-state index contributed by atoms with van der Waals surface area (Å²) in [4.78, 5) is 7.40. The fourth-order valence-corrected chi connectivity index (χ4v) is 1.64. The Kier molecular flexibility index (Phi) is 3.42. The summed E-state index contributed by atoms with van der Waals surface area (Å²) in [6, 6.07) is 10.1. The van der Waals surface area contributed by atoms with Crippen molar-refractivity contribution in [2.24, 2.45) is 0 Å². The van der Waals surface area contributed by atoms with Gasteiger partial charge in [0.05, 0.1) is 0 Å². The smallest absolute Gasteiger partial charge is 0.133 e. The average molecular weight is 233 g/mol. The number of hydrogen-bond acceptors (Lipinski definition) is 1. The van der Waals surface area contributed by atoms with E-state index in [0.717, 1.165) is 23.5 Å². The molecule has 1 N–H and O–H groups in total. The van der Waals surface area contributed by atoms with Gasteiger partial charge < -0.3 is 4.98 Å². The largest absolute Gasteiger partial charge is 0.333 e. The third-order valence-corrected chi connectivity index (χ3v) is 2.59. The monoisotopic (exact) mass is 232 g/mol. The predicted molar refractivity (Wildman–Crippen MR) is 68.3 cm³/mol. The highest BCUT2D eigenvalue weighted by Gasteiger charge is 2.02. The maximum absolute atomic E-state index is 6.02. The minimum Gasteiger partial charge on any atom is -0.333 e. The summed E-state index contributed by atoms with van der Waals surface area (Å²) in [6.07, 6.45) is 4.79. The van der Waals surface area contributed by atoms with E-state index in [1.54, 1.807) is 0 Å². The van der Waals surface area contributed by atoms with E-state index in [1.807, 2.05) is 49.4 Å². The molecule has 0 atom stereocenters. The molecule has 1 aromatic carbocycles. The van der Waals surface area contributed by atoms with Gasteiger partial charge in [0.1, 0.15) is 16.7 Å². The molecule has 0 unspecified atom stereocenters. The Hall–Kier alpha value is -1.54. The van der Waals surface area contributed by atoms with Gasteiger partial charge in [0, 0.05) is 6.42 Å². The van der Waals surface area contributed by atoms with Crippen LogP contribution < -0.4 is 0 Å². The molecule has 2 nitrogen and oxygen atoms in total. The highest BCUT2D eigenvalue weighted by molar-refractivity contribution is 6.30. The van der Waals surface area contributed by atoms with Gasteiger partial charge in [0.2, 0.25) is 0 Å². The van der Waals surface area contributed by atoms with Gasteiger partial charge in [-0.15, -0.1) is 0 Å². The first-order valence-corrected chi connectivity index (χ1v) is 5.65. The Balaban J connectivity index is 2.20. The van der Waals surface area contributed by atoms with Crippen molar-refractivity contribution in [2.45, 2.75) is 13.3 Å². The average Bonchev–Trinajstić information content (AvgIpc) is 2.69. The number of imidazole rings is 1. The summed E-state index contributed by atoms with van der Waals surface area (Å²) < 4.78 is 0. The number of aryl methyl sites for hydroxylation is 1. The molecule has 1 aromatic heterocycles. The number of benzene rings is 1. The molecule has 2 rings (SSSR count). The Labute approximate surface area is 100.0 Å². The molecule has 82 valence electrons. The molecule has 0 bridgehead atoms. The van der Waals surface area contributed by atoms with E-state index in [2.05, 4.69) is 9.97 Å². The van der Waals surface area contributed by atoms with Gasteiger partial charge in [-0.05, 0) is 11.6 Å². The van der Waals surface area contributed by atoms with E-state index in [4.69, 9.17) is 11.6 Å². The first-order chi connectivity index (χ1) is 7.79. The molecule has 0 radical (unpaired) electrons. The van der Waals surface area contributed by atoms with E-state index in [0.29, 0.717) is 5.15 Å². The van der Waals surface area contributed by atoms with Crippen molar-refractivity contribution in [3.63, 3.8) is 0 Å². The van der Waals surface area contributed by atoms with Crippen molar-refractivity contribution in [3.8, 4) is 0 Å². The second kappa shape index (κ2) is 4.99. The normalized spacial score (nSPS) is 11.1. The topological polar surface area (TPSA) is 28.7 Å². The summed E-state index contributed by atoms with van der Waals surface area (Å²) in [5.74, 6) is 0.915. The molecule has 16 heavy (non-hydrogen) atoms. The fourth-order valence-electron chi connectivity index (χ4n) is 1.43. The van der Waals surface area contributed by atoms with Gasteiger partial charge in [-0.3, -0.25) is 0 Å². The maximum Gasteiger partial charge on any atom is 0.133 e. The van der Waals surface area contributed by atoms with Gasteiger partial charge in [0.25, 0.3) is 0 Å². The molecule has 0 amide bonds. The quantitative estimate of drug-likeness (QED) is 0.857. The highest BCUT2D eigenvalue weighted by Crippen LogP contribution is 2.16. The van der Waals surface area contributed by atoms with Crippen molar-refractivity contribution >= 4 is 23.8 Å². The summed E-state index contributed by atoms with van der Waals surface area (Å²) in [7, 11) is 0. The summed E-state index contributed by atoms with van der Waals surface area (Å²) in [5, 5.41) is 0.601. The maximum atomic E-state index is 6.02. The second-order valence-electron chi connectivity index (χ2n) is 3.48. The van der Waals surface area contributed by atoms with Gasteiger partial charge >= 0.3 is 0 Å². The molecule has 0 spiro atoms. The standard InChI is InChI=1S/C13H13ClN2/c1-2-12-15-11(13(14)16-12)9-8-10-6-4-3-5-7-10/h3-9H,2H2,1H3,(H,15,16)/b9-8+. The SMILES string of the molecule is CCc1nc(/C=C/c2ccccc2)c(Cl)[nH]1. The lowest BCUT2D eigenvalue weighted by Crippen LogP contribution is -1.80. The number of aromatic nitrogens is 2. The van der Waals surface area contributed by atoms with Crippen molar-refractivity contribution in [1.82, 2.24) is 9.97 Å². The van der Waals surface area contributed by atoms with Crippen molar-refractivity contribution in [1.29, 1.82) is 0 Å². The molecule has 0 saturated heterocycles. The Bertz CT molecular complexity index is 486. The molecular weight excluding hydrogens is 220 g/mol. The molecule has 0 aliphatic carbocycles. The summed E-state index contributed by atoms with van der Waals surface area (Å²) in [6.45, 7) is 2.04. The number of nitrogens with zero attached hydrogens (tertiary/aromatic N) is 1. The van der Waals surface area contributed by atoms with Crippen LogP contribution >= 0.6 is 11.6 Å². The van der Waals surface area contributed by atoms with Gasteiger partial charge in [-0.1, -0.05) is 54.9 Å². The summed E-state index contributed by atoms with van der Waals surface area (Å²) in [5.41, 5.74) is 1.93. The zero-order chi connectivity index (χ0) is 11.4. The number of rotatable bonds is 3. The third kappa shape index (κ3) is 2.52. The molecule has 0 aliphatic rings. The molecule has 1 heterocycles. The van der Waals surface area contributed by atoms with Gasteiger partial charge in [-0.2, -0.15) is 0 Å². The Morgan fingerprint density at radius 3 is 2.62 bits per heavy atom. The Morgan fingerprint density at radius 2 is 2.00 bits per heavy atom. The van der Waals surface area contributed by atoms with Crippen molar-refractivity contribution in [3.05, 3.63) is 52.6 Å². The van der Waals surface area contributed by atoms with E-state index in [-0.39, 0.29) is 0 Å². The molecule has 0 saturated carbocycles. The van der Waals surface area contributed by atoms with Crippen LogP contribution in [-0.4, -0.2) is 9.97 Å². The number of hydrogen-bond donors (Lipinski definition) is 1. The molecule has 2 aromatic rings. The van der Waals surface area contributed by atoms with Crippen molar-refractivity contribution in [2.75, 3.05) is 0 Å². The fraction of sp³-hybridized carbons (Fsp3) is 0.154. The number of aromatic amines is 1. The van der Waals surface area contributed by atoms with Gasteiger partial charge in [-0.25, -0.2) is 4.98 Å². The summed E-state index contributed by atoms with van der Waals surface area (Å²) >= 11 is 6.02.